The number of carbonyl (C=O) groups excluding carboxylic acids is 2. The van der Waals surface area contributed by atoms with E-state index in [4.69, 9.17) is 4.74 Å². The van der Waals surface area contributed by atoms with Gasteiger partial charge >= 0.3 is 5.97 Å². The topological polar surface area (TPSA) is 86.1 Å². The molecule has 7 heteroatoms. The Labute approximate surface area is 150 Å². The standard InChI is InChI=1S/C19H18N4O3/c1-2-12-26-19(25)14-8-10-15(11-9-14)20-18(24)17-13-23(22-21-17)16-6-4-3-5-7-16/h3-11,13H,2,12H2,1H3,(H,20,24). The maximum absolute atomic E-state index is 12.3. The van der Waals surface area contributed by atoms with Crippen LogP contribution in [0.4, 0.5) is 5.69 Å². The first-order chi connectivity index (χ1) is 12.7. The van der Waals surface area contributed by atoms with E-state index in [1.807, 2.05) is 37.3 Å². The summed E-state index contributed by atoms with van der Waals surface area (Å²) in [7, 11) is 0. The summed E-state index contributed by atoms with van der Waals surface area (Å²) >= 11 is 0. The first-order valence-corrected chi connectivity index (χ1v) is 8.23. The maximum Gasteiger partial charge on any atom is 0.338 e. The van der Waals surface area contributed by atoms with Gasteiger partial charge in [0.1, 0.15) is 0 Å². The van der Waals surface area contributed by atoms with Crippen LogP contribution in [0.5, 0.6) is 0 Å². The zero-order valence-corrected chi connectivity index (χ0v) is 14.3. The molecule has 0 saturated heterocycles. The number of hydrogen-bond donors (Lipinski definition) is 1. The van der Waals surface area contributed by atoms with E-state index in [1.165, 1.54) is 4.68 Å². The van der Waals surface area contributed by atoms with Crippen molar-refractivity contribution in [1.82, 2.24) is 15.0 Å². The van der Waals surface area contributed by atoms with Crippen molar-refractivity contribution in [3.05, 3.63) is 72.1 Å². The minimum atomic E-state index is -0.381. The Morgan fingerprint density at radius 1 is 1.08 bits per heavy atom. The van der Waals surface area contributed by atoms with Gasteiger partial charge in [-0.1, -0.05) is 30.3 Å². The Morgan fingerprint density at radius 2 is 1.81 bits per heavy atom. The van der Waals surface area contributed by atoms with Crippen LogP contribution in [0.25, 0.3) is 5.69 Å². The van der Waals surface area contributed by atoms with Gasteiger partial charge in [0, 0.05) is 5.69 Å². The molecule has 2 aromatic carbocycles. The fourth-order valence-corrected chi connectivity index (χ4v) is 2.24. The highest BCUT2D eigenvalue weighted by Crippen LogP contribution is 2.12. The molecule has 0 aliphatic carbocycles. The molecule has 3 rings (SSSR count). The number of rotatable bonds is 6. The molecular weight excluding hydrogens is 332 g/mol. The third-order valence-corrected chi connectivity index (χ3v) is 3.56. The molecule has 1 aromatic heterocycles. The highest BCUT2D eigenvalue weighted by molar-refractivity contribution is 6.02. The molecular formula is C19H18N4O3. The summed E-state index contributed by atoms with van der Waals surface area (Å²) in [5.41, 5.74) is 2.00. The molecule has 0 fully saturated rings. The Kier molecular flexibility index (Phi) is 5.38. The minimum Gasteiger partial charge on any atom is -0.462 e. The number of aromatic nitrogens is 3. The zero-order valence-electron chi connectivity index (χ0n) is 14.3. The lowest BCUT2D eigenvalue weighted by Crippen LogP contribution is -2.12. The van der Waals surface area contributed by atoms with Crippen molar-refractivity contribution in [3.63, 3.8) is 0 Å². The third-order valence-electron chi connectivity index (χ3n) is 3.56. The van der Waals surface area contributed by atoms with Crippen LogP contribution in [0.1, 0.15) is 34.2 Å². The van der Waals surface area contributed by atoms with Crippen LogP contribution in [-0.2, 0) is 4.74 Å². The monoisotopic (exact) mass is 350 g/mol. The fourth-order valence-electron chi connectivity index (χ4n) is 2.24. The maximum atomic E-state index is 12.3. The number of nitrogens with one attached hydrogen (secondary N) is 1. The van der Waals surface area contributed by atoms with Crippen molar-refractivity contribution < 1.29 is 14.3 Å². The van der Waals surface area contributed by atoms with Gasteiger partial charge in [0.05, 0.1) is 24.1 Å². The number of esters is 1. The van der Waals surface area contributed by atoms with Crippen LogP contribution in [0.2, 0.25) is 0 Å². The average molecular weight is 350 g/mol. The van der Waals surface area contributed by atoms with Gasteiger partial charge in [-0.05, 0) is 42.8 Å². The average Bonchev–Trinajstić information content (AvgIpc) is 3.18. The smallest absolute Gasteiger partial charge is 0.338 e. The van der Waals surface area contributed by atoms with Gasteiger partial charge in [0.15, 0.2) is 5.69 Å². The molecule has 1 N–H and O–H groups in total. The lowest BCUT2D eigenvalue weighted by atomic mass is 10.2. The molecule has 3 aromatic rings. The number of benzene rings is 2. The molecule has 0 unspecified atom stereocenters. The van der Waals surface area contributed by atoms with Gasteiger partial charge in [-0.2, -0.15) is 0 Å². The van der Waals surface area contributed by atoms with Gasteiger partial charge in [-0.15, -0.1) is 5.10 Å². The molecule has 0 atom stereocenters. The number of hydrogen-bond acceptors (Lipinski definition) is 5. The lowest BCUT2D eigenvalue weighted by molar-refractivity contribution is 0.0505. The van der Waals surface area contributed by atoms with Crippen molar-refractivity contribution >= 4 is 17.6 Å². The number of amides is 1. The Balaban J connectivity index is 1.65. The first kappa shape index (κ1) is 17.3. The predicted molar refractivity (Wildman–Crippen MR) is 96.3 cm³/mol. The largest absolute Gasteiger partial charge is 0.462 e. The Bertz CT molecular complexity index is 889. The van der Waals surface area contributed by atoms with Crippen molar-refractivity contribution in [1.29, 1.82) is 0 Å². The summed E-state index contributed by atoms with van der Waals surface area (Å²) in [5, 5.41) is 10.6. The first-order valence-electron chi connectivity index (χ1n) is 8.23. The second kappa shape index (κ2) is 8.06. The van der Waals surface area contributed by atoms with Gasteiger partial charge in [0.25, 0.3) is 5.91 Å². The molecule has 0 bridgehead atoms. The summed E-state index contributed by atoms with van der Waals surface area (Å²) in [6, 6.07) is 15.9. The molecule has 1 heterocycles. The Morgan fingerprint density at radius 3 is 2.50 bits per heavy atom. The second-order valence-electron chi connectivity index (χ2n) is 5.55. The Hall–Kier alpha value is -3.48. The molecule has 0 aliphatic rings. The summed E-state index contributed by atoms with van der Waals surface area (Å²) in [6.45, 7) is 2.31. The summed E-state index contributed by atoms with van der Waals surface area (Å²) < 4.78 is 6.59. The number of carbonyl (C=O) groups is 2. The van der Waals surface area contributed by atoms with Crippen molar-refractivity contribution in [3.8, 4) is 5.69 Å². The van der Waals surface area contributed by atoms with Crippen LogP contribution in [0.3, 0.4) is 0 Å². The molecule has 0 saturated carbocycles. The van der Waals surface area contributed by atoms with E-state index in [1.54, 1.807) is 30.5 Å². The van der Waals surface area contributed by atoms with Crippen LogP contribution in [0.15, 0.2) is 60.8 Å². The van der Waals surface area contributed by atoms with Crippen molar-refractivity contribution in [2.24, 2.45) is 0 Å². The molecule has 7 nitrogen and oxygen atoms in total. The SMILES string of the molecule is CCCOC(=O)c1ccc(NC(=O)c2cn(-c3ccccc3)nn2)cc1. The van der Waals surface area contributed by atoms with E-state index in [0.29, 0.717) is 17.9 Å². The van der Waals surface area contributed by atoms with Crippen molar-refractivity contribution in [2.75, 3.05) is 11.9 Å². The van der Waals surface area contributed by atoms with E-state index >= 15 is 0 Å². The van der Waals surface area contributed by atoms with E-state index in [2.05, 4.69) is 15.6 Å². The molecule has 132 valence electrons. The molecule has 0 radical (unpaired) electrons. The normalized spacial score (nSPS) is 10.3. The molecule has 0 spiro atoms. The van der Waals surface area contributed by atoms with Crippen LogP contribution < -0.4 is 5.32 Å². The molecule has 1 amide bonds. The van der Waals surface area contributed by atoms with E-state index < -0.39 is 0 Å². The highest BCUT2D eigenvalue weighted by atomic mass is 16.5. The fraction of sp³-hybridized carbons (Fsp3) is 0.158. The number of anilines is 1. The van der Waals surface area contributed by atoms with Gasteiger partial charge < -0.3 is 10.1 Å². The highest BCUT2D eigenvalue weighted by Gasteiger charge is 2.12. The number of ether oxygens (including phenoxy) is 1. The van der Waals surface area contributed by atoms with Gasteiger partial charge in [0.2, 0.25) is 0 Å². The summed E-state index contributed by atoms with van der Waals surface area (Å²) in [6.07, 6.45) is 2.32. The van der Waals surface area contributed by atoms with Gasteiger partial charge in [-0.3, -0.25) is 4.79 Å². The summed E-state index contributed by atoms with van der Waals surface area (Å²) in [5.74, 6) is -0.760. The van der Waals surface area contributed by atoms with E-state index in [-0.39, 0.29) is 17.6 Å². The molecule has 26 heavy (non-hydrogen) atoms. The third kappa shape index (κ3) is 4.13. The quantitative estimate of drug-likeness (QED) is 0.691. The van der Waals surface area contributed by atoms with Gasteiger partial charge in [-0.25, -0.2) is 9.48 Å². The van der Waals surface area contributed by atoms with Crippen LogP contribution in [0, 0.1) is 0 Å². The number of para-hydroxylation sites is 1. The van der Waals surface area contributed by atoms with Crippen LogP contribution >= 0.6 is 0 Å². The lowest BCUT2D eigenvalue weighted by Gasteiger charge is -2.05. The predicted octanol–water partition coefficient (Wildman–Crippen LogP) is 3.09. The second-order valence-corrected chi connectivity index (χ2v) is 5.55. The molecule has 0 aliphatic heterocycles. The summed E-state index contributed by atoms with van der Waals surface area (Å²) in [4.78, 5) is 24.1. The minimum absolute atomic E-state index is 0.195. The van der Waals surface area contributed by atoms with E-state index in [9.17, 15) is 9.59 Å². The van der Waals surface area contributed by atoms with E-state index in [0.717, 1.165) is 12.1 Å². The number of nitrogens with zero attached hydrogens (tertiary/aromatic N) is 3. The zero-order chi connectivity index (χ0) is 18.4. The van der Waals surface area contributed by atoms with Crippen molar-refractivity contribution in [2.45, 2.75) is 13.3 Å². The van der Waals surface area contributed by atoms with Crippen LogP contribution in [-0.4, -0.2) is 33.5 Å².